The number of piperidine rings is 1. The Hall–Kier alpha value is -0.120. The maximum absolute atomic E-state index is 6.09. The zero-order valence-electron chi connectivity index (χ0n) is 10.7. The number of nitrogens with one attached hydrogen (secondary N) is 1. The van der Waals surface area contributed by atoms with Crippen LogP contribution in [0.15, 0.2) is 0 Å². The molecule has 0 aromatic heterocycles. The third-order valence-corrected chi connectivity index (χ3v) is 4.71. The van der Waals surface area contributed by atoms with Crippen molar-refractivity contribution in [2.75, 3.05) is 32.9 Å². The molecule has 2 heterocycles. The van der Waals surface area contributed by atoms with Gasteiger partial charge in [0.2, 0.25) is 0 Å². The minimum Gasteiger partial charge on any atom is -0.381 e. The highest BCUT2D eigenvalue weighted by atomic mass is 16.5. The van der Waals surface area contributed by atoms with E-state index in [1.807, 2.05) is 0 Å². The number of ether oxygens (including phenoxy) is 2. The molecule has 3 fully saturated rings. The minimum atomic E-state index is 0.203. The first-order valence-electron chi connectivity index (χ1n) is 7.31. The molecule has 0 bridgehead atoms. The molecule has 1 saturated carbocycles. The summed E-state index contributed by atoms with van der Waals surface area (Å²) in [6.45, 7) is 5.16. The van der Waals surface area contributed by atoms with E-state index in [-0.39, 0.29) is 5.60 Å². The van der Waals surface area contributed by atoms with Crippen molar-refractivity contribution in [3.05, 3.63) is 0 Å². The third kappa shape index (κ3) is 2.83. The summed E-state index contributed by atoms with van der Waals surface area (Å²) in [6.07, 6.45) is 7.62. The summed E-state index contributed by atoms with van der Waals surface area (Å²) in [6, 6.07) is 0. The van der Waals surface area contributed by atoms with Gasteiger partial charge in [-0.05, 0) is 63.5 Å². The summed E-state index contributed by atoms with van der Waals surface area (Å²) in [7, 11) is 0. The fourth-order valence-electron chi connectivity index (χ4n) is 3.36. The van der Waals surface area contributed by atoms with Gasteiger partial charge in [0, 0.05) is 19.8 Å². The fourth-order valence-corrected chi connectivity index (χ4v) is 3.36. The molecular formula is C14H25NO2. The molecule has 3 nitrogen and oxygen atoms in total. The predicted molar refractivity (Wildman–Crippen MR) is 67.1 cm³/mol. The van der Waals surface area contributed by atoms with Crippen LogP contribution in [0.4, 0.5) is 0 Å². The van der Waals surface area contributed by atoms with Gasteiger partial charge >= 0.3 is 0 Å². The van der Waals surface area contributed by atoms with E-state index < -0.39 is 0 Å². The van der Waals surface area contributed by atoms with Gasteiger partial charge in [0.15, 0.2) is 0 Å². The zero-order valence-corrected chi connectivity index (χ0v) is 10.7. The molecule has 0 aromatic rings. The molecule has 1 aliphatic carbocycles. The molecule has 1 atom stereocenters. The molecule has 17 heavy (non-hydrogen) atoms. The van der Waals surface area contributed by atoms with Crippen LogP contribution < -0.4 is 5.32 Å². The lowest BCUT2D eigenvalue weighted by Crippen LogP contribution is -2.46. The zero-order chi connectivity index (χ0) is 11.6. The second-order valence-electron chi connectivity index (χ2n) is 5.96. The van der Waals surface area contributed by atoms with Crippen molar-refractivity contribution in [1.29, 1.82) is 0 Å². The number of hydrogen-bond donors (Lipinski definition) is 1. The predicted octanol–water partition coefficient (Wildman–Crippen LogP) is 1.96. The van der Waals surface area contributed by atoms with Gasteiger partial charge in [-0.25, -0.2) is 0 Å². The van der Waals surface area contributed by atoms with Gasteiger partial charge < -0.3 is 14.8 Å². The van der Waals surface area contributed by atoms with E-state index in [0.717, 1.165) is 44.7 Å². The average Bonchev–Trinajstić information content (AvgIpc) is 3.11. The molecule has 2 aliphatic heterocycles. The second-order valence-corrected chi connectivity index (χ2v) is 5.96. The molecule has 0 amide bonds. The lowest BCUT2D eigenvalue weighted by Gasteiger charge is -2.38. The molecule has 0 radical (unpaired) electrons. The van der Waals surface area contributed by atoms with Crippen LogP contribution in [-0.4, -0.2) is 38.5 Å². The second kappa shape index (κ2) is 5.25. The van der Waals surface area contributed by atoms with Crippen LogP contribution in [0.1, 0.15) is 38.5 Å². The summed E-state index contributed by atoms with van der Waals surface area (Å²) in [4.78, 5) is 0. The summed E-state index contributed by atoms with van der Waals surface area (Å²) >= 11 is 0. The molecule has 3 heteroatoms. The van der Waals surface area contributed by atoms with Crippen LogP contribution in [-0.2, 0) is 9.47 Å². The first-order valence-corrected chi connectivity index (χ1v) is 7.31. The van der Waals surface area contributed by atoms with Crippen molar-refractivity contribution in [3.8, 4) is 0 Å². The maximum Gasteiger partial charge on any atom is 0.0736 e. The number of rotatable bonds is 5. The maximum atomic E-state index is 6.09. The van der Waals surface area contributed by atoms with Crippen LogP contribution in [0, 0.1) is 11.8 Å². The Labute approximate surface area is 104 Å². The third-order valence-electron chi connectivity index (χ3n) is 4.71. The van der Waals surface area contributed by atoms with Crippen molar-refractivity contribution < 1.29 is 9.47 Å². The Bertz CT molecular complexity index is 247. The Morgan fingerprint density at radius 1 is 1.18 bits per heavy atom. The van der Waals surface area contributed by atoms with Crippen molar-refractivity contribution in [3.63, 3.8) is 0 Å². The van der Waals surface area contributed by atoms with Gasteiger partial charge in [0.25, 0.3) is 0 Å². The molecule has 2 saturated heterocycles. The molecule has 1 spiro atoms. The Kier molecular flexibility index (Phi) is 3.69. The largest absolute Gasteiger partial charge is 0.381 e. The van der Waals surface area contributed by atoms with E-state index in [9.17, 15) is 0 Å². The lowest BCUT2D eigenvalue weighted by molar-refractivity contribution is -0.0512. The Morgan fingerprint density at radius 3 is 2.76 bits per heavy atom. The van der Waals surface area contributed by atoms with Gasteiger partial charge in [-0.3, -0.25) is 0 Å². The Morgan fingerprint density at radius 2 is 2.00 bits per heavy atom. The van der Waals surface area contributed by atoms with E-state index in [0.29, 0.717) is 0 Å². The highest BCUT2D eigenvalue weighted by Crippen LogP contribution is 2.41. The lowest BCUT2D eigenvalue weighted by atomic mass is 9.78. The van der Waals surface area contributed by atoms with Crippen molar-refractivity contribution >= 4 is 0 Å². The first-order chi connectivity index (χ1) is 8.39. The highest BCUT2D eigenvalue weighted by Gasteiger charge is 2.44. The monoisotopic (exact) mass is 239 g/mol. The average molecular weight is 239 g/mol. The van der Waals surface area contributed by atoms with Gasteiger partial charge in [0.05, 0.1) is 5.60 Å². The quantitative estimate of drug-likeness (QED) is 0.744. The van der Waals surface area contributed by atoms with Crippen LogP contribution >= 0.6 is 0 Å². The van der Waals surface area contributed by atoms with Crippen molar-refractivity contribution in [2.24, 2.45) is 11.8 Å². The summed E-state index contributed by atoms with van der Waals surface area (Å²) in [5.41, 5.74) is 0.203. The smallest absolute Gasteiger partial charge is 0.0736 e. The SMILES string of the molecule is C1CC2(CCN1)OCCC2CCOCC1CC1. The Balaban J connectivity index is 1.43. The van der Waals surface area contributed by atoms with Gasteiger partial charge in [-0.15, -0.1) is 0 Å². The topological polar surface area (TPSA) is 30.5 Å². The molecule has 1 N–H and O–H groups in total. The van der Waals surface area contributed by atoms with E-state index in [1.54, 1.807) is 0 Å². The molecule has 1 unspecified atom stereocenters. The summed E-state index contributed by atoms with van der Waals surface area (Å²) in [5, 5.41) is 3.44. The van der Waals surface area contributed by atoms with Crippen molar-refractivity contribution in [2.45, 2.75) is 44.1 Å². The van der Waals surface area contributed by atoms with Gasteiger partial charge in [-0.2, -0.15) is 0 Å². The van der Waals surface area contributed by atoms with Gasteiger partial charge in [0.1, 0.15) is 0 Å². The van der Waals surface area contributed by atoms with Crippen LogP contribution in [0.5, 0.6) is 0 Å². The van der Waals surface area contributed by atoms with E-state index in [2.05, 4.69) is 5.32 Å². The summed E-state index contributed by atoms with van der Waals surface area (Å²) in [5.74, 6) is 1.63. The van der Waals surface area contributed by atoms with Crippen LogP contribution in [0.3, 0.4) is 0 Å². The van der Waals surface area contributed by atoms with Crippen molar-refractivity contribution in [1.82, 2.24) is 5.32 Å². The molecular weight excluding hydrogens is 214 g/mol. The summed E-state index contributed by atoms with van der Waals surface area (Å²) < 4.78 is 11.9. The van der Waals surface area contributed by atoms with Gasteiger partial charge in [-0.1, -0.05) is 0 Å². The van der Waals surface area contributed by atoms with E-state index >= 15 is 0 Å². The standard InChI is InChI=1S/C14H25NO2/c1-2-12(1)11-16-9-3-13-4-10-17-14(13)5-7-15-8-6-14/h12-13,15H,1-11H2. The molecule has 0 aromatic carbocycles. The first kappa shape index (κ1) is 11.9. The van der Waals surface area contributed by atoms with Crippen LogP contribution in [0.25, 0.3) is 0 Å². The highest BCUT2D eigenvalue weighted by molar-refractivity contribution is 4.95. The molecule has 98 valence electrons. The normalized spacial score (nSPS) is 32.1. The fraction of sp³-hybridized carbons (Fsp3) is 1.00. The molecule has 3 rings (SSSR count). The number of hydrogen-bond acceptors (Lipinski definition) is 3. The van der Waals surface area contributed by atoms with E-state index in [1.165, 1.54) is 38.5 Å². The van der Waals surface area contributed by atoms with Crippen LogP contribution in [0.2, 0.25) is 0 Å². The molecule has 3 aliphatic rings. The minimum absolute atomic E-state index is 0.203. The van der Waals surface area contributed by atoms with E-state index in [4.69, 9.17) is 9.47 Å².